The van der Waals surface area contributed by atoms with Gasteiger partial charge in [0.25, 0.3) is 0 Å². The molecule has 0 fully saturated rings. The lowest BCUT2D eigenvalue weighted by Gasteiger charge is -2.31. The van der Waals surface area contributed by atoms with E-state index in [1.54, 1.807) is 23.3 Å². The van der Waals surface area contributed by atoms with Gasteiger partial charge in [0, 0.05) is 18.0 Å². The molecule has 0 radical (unpaired) electrons. The predicted octanol–water partition coefficient (Wildman–Crippen LogP) is 5.76. The van der Waals surface area contributed by atoms with Crippen LogP contribution in [0, 0.1) is 5.92 Å². The second-order valence-corrected chi connectivity index (χ2v) is 11.9. The molecule has 0 bridgehead atoms. The molecule has 1 heterocycles. The molecular formula is C26H35N3O3S2. The Morgan fingerprint density at radius 3 is 2.59 bits per heavy atom. The monoisotopic (exact) mass is 501 g/mol. The summed E-state index contributed by atoms with van der Waals surface area (Å²) < 4.78 is 8.78. The van der Waals surface area contributed by atoms with Crippen molar-refractivity contribution in [1.29, 1.82) is 0 Å². The molecule has 0 saturated heterocycles. The molecule has 184 valence electrons. The number of ether oxygens (including phenoxy) is 1. The van der Waals surface area contributed by atoms with Crippen LogP contribution in [0.5, 0.6) is 0 Å². The van der Waals surface area contributed by atoms with Crippen molar-refractivity contribution in [3.63, 3.8) is 0 Å². The smallest absolute Gasteiger partial charge is 0.407 e. The van der Waals surface area contributed by atoms with Crippen molar-refractivity contribution in [1.82, 2.24) is 14.6 Å². The van der Waals surface area contributed by atoms with Crippen molar-refractivity contribution in [3.05, 3.63) is 59.6 Å². The third kappa shape index (κ3) is 8.58. The fourth-order valence-electron chi connectivity index (χ4n) is 3.54. The number of amides is 1. The van der Waals surface area contributed by atoms with Gasteiger partial charge in [-0.1, -0.05) is 44.2 Å². The molecule has 3 aromatic rings. The van der Waals surface area contributed by atoms with E-state index in [1.165, 1.54) is 0 Å². The van der Waals surface area contributed by atoms with Crippen LogP contribution >= 0.6 is 23.3 Å². The molecular weight excluding hydrogens is 466 g/mol. The first kappa shape index (κ1) is 26.5. The van der Waals surface area contributed by atoms with E-state index >= 15 is 0 Å². The molecule has 0 unspecified atom stereocenters. The van der Waals surface area contributed by atoms with Gasteiger partial charge in [0.05, 0.1) is 27.9 Å². The normalized spacial score (nSPS) is 13.9. The van der Waals surface area contributed by atoms with E-state index in [9.17, 15) is 9.90 Å². The summed E-state index contributed by atoms with van der Waals surface area (Å²) >= 11 is 3.24. The van der Waals surface area contributed by atoms with Crippen molar-refractivity contribution in [2.24, 2.45) is 5.92 Å². The Balaban J connectivity index is 1.75. The van der Waals surface area contributed by atoms with Crippen molar-refractivity contribution in [2.45, 2.75) is 63.7 Å². The summed E-state index contributed by atoms with van der Waals surface area (Å²) in [6.07, 6.45) is -0.800. The number of aliphatic hydroxyl groups excluding tert-OH is 1. The average molecular weight is 502 g/mol. The van der Waals surface area contributed by atoms with E-state index < -0.39 is 23.8 Å². The zero-order valence-electron chi connectivity index (χ0n) is 20.5. The molecule has 0 spiro atoms. The number of thiazole rings is 1. The fraction of sp³-hybridized carbons (Fsp3) is 0.462. The molecule has 6 nitrogen and oxygen atoms in total. The Morgan fingerprint density at radius 2 is 1.91 bits per heavy atom. The number of hydrogen-bond donors (Lipinski definition) is 2. The van der Waals surface area contributed by atoms with Crippen LogP contribution in [-0.4, -0.2) is 51.3 Å². The Hall–Kier alpha value is -2.13. The summed E-state index contributed by atoms with van der Waals surface area (Å²) in [6.45, 7) is 11.0. The highest BCUT2D eigenvalue weighted by Crippen LogP contribution is 2.29. The summed E-state index contributed by atoms with van der Waals surface area (Å²) in [4.78, 5) is 18.0. The second kappa shape index (κ2) is 12.0. The maximum absolute atomic E-state index is 12.5. The molecule has 0 saturated carbocycles. The van der Waals surface area contributed by atoms with Gasteiger partial charge in [0.1, 0.15) is 5.60 Å². The van der Waals surface area contributed by atoms with Crippen LogP contribution in [0.1, 0.15) is 40.2 Å². The van der Waals surface area contributed by atoms with Crippen LogP contribution in [0.4, 0.5) is 4.79 Å². The van der Waals surface area contributed by atoms with Gasteiger partial charge < -0.3 is 15.2 Å². The molecule has 1 amide bonds. The average Bonchev–Trinajstić information content (AvgIpc) is 3.20. The highest BCUT2D eigenvalue weighted by molar-refractivity contribution is 7.97. The van der Waals surface area contributed by atoms with E-state index in [0.29, 0.717) is 18.9 Å². The number of nitrogens with zero attached hydrogens (tertiary/aromatic N) is 2. The van der Waals surface area contributed by atoms with E-state index in [1.807, 2.05) is 62.7 Å². The highest BCUT2D eigenvalue weighted by atomic mass is 32.2. The molecule has 34 heavy (non-hydrogen) atoms. The van der Waals surface area contributed by atoms with Gasteiger partial charge >= 0.3 is 6.09 Å². The predicted molar refractivity (Wildman–Crippen MR) is 141 cm³/mol. The van der Waals surface area contributed by atoms with Gasteiger partial charge in [-0.2, -0.15) is 0 Å². The topological polar surface area (TPSA) is 74.7 Å². The number of benzene rings is 2. The van der Waals surface area contributed by atoms with Gasteiger partial charge in [0.2, 0.25) is 0 Å². The summed E-state index contributed by atoms with van der Waals surface area (Å²) in [5.74, 6) is 0.415. The minimum atomic E-state index is -0.786. The molecule has 2 atom stereocenters. The van der Waals surface area contributed by atoms with Crippen LogP contribution in [0.3, 0.4) is 0 Å². The third-order valence-electron chi connectivity index (χ3n) is 4.96. The summed E-state index contributed by atoms with van der Waals surface area (Å²) in [5, 5.41) is 14.2. The Kier molecular flexibility index (Phi) is 9.36. The minimum absolute atomic E-state index is 0.400. The number of aromatic nitrogens is 1. The van der Waals surface area contributed by atoms with Gasteiger partial charge in [0.15, 0.2) is 0 Å². The first-order valence-corrected chi connectivity index (χ1v) is 13.2. The largest absolute Gasteiger partial charge is 0.444 e. The van der Waals surface area contributed by atoms with E-state index in [2.05, 4.69) is 40.6 Å². The Morgan fingerprint density at radius 1 is 1.18 bits per heavy atom. The number of rotatable bonds is 10. The molecule has 1 aromatic heterocycles. The molecule has 0 aliphatic rings. The SMILES string of the molecule is CC(C)CN(C[C@@H](O)[C@H](Cc1ccccc1)NC(=O)OC(C)(C)C)Sc1ccc2ncsc2c1. The fourth-order valence-corrected chi connectivity index (χ4v) is 5.53. The van der Waals surface area contributed by atoms with Crippen molar-refractivity contribution in [3.8, 4) is 0 Å². The maximum atomic E-state index is 12.5. The number of fused-ring (bicyclic) bond motifs is 1. The van der Waals surface area contributed by atoms with Gasteiger partial charge in [-0.05, 0) is 68.8 Å². The summed E-state index contributed by atoms with van der Waals surface area (Å²) in [7, 11) is 0. The van der Waals surface area contributed by atoms with Crippen molar-refractivity contribution in [2.75, 3.05) is 13.1 Å². The zero-order valence-corrected chi connectivity index (χ0v) is 22.2. The third-order valence-corrected chi connectivity index (χ3v) is 6.77. The van der Waals surface area contributed by atoms with E-state index in [0.717, 1.165) is 27.2 Å². The number of aliphatic hydroxyl groups is 1. The van der Waals surface area contributed by atoms with E-state index in [-0.39, 0.29) is 0 Å². The van der Waals surface area contributed by atoms with Crippen LogP contribution in [-0.2, 0) is 11.2 Å². The van der Waals surface area contributed by atoms with Crippen molar-refractivity contribution >= 4 is 39.6 Å². The Labute approximate surface area is 210 Å². The number of nitrogens with one attached hydrogen (secondary N) is 1. The minimum Gasteiger partial charge on any atom is -0.444 e. The Bertz CT molecular complexity index is 1050. The van der Waals surface area contributed by atoms with Crippen LogP contribution < -0.4 is 5.32 Å². The number of carbonyl (C=O) groups is 1. The van der Waals surface area contributed by atoms with Gasteiger partial charge in [-0.3, -0.25) is 0 Å². The number of alkyl carbamates (subject to hydrolysis) is 1. The standard InChI is InChI=1S/C26H35N3O3S2/c1-18(2)15-29(34-20-11-12-21-24(14-20)33-17-27-21)16-23(30)22(13-19-9-7-6-8-10-19)28-25(31)32-26(3,4)5/h6-12,14,17-18,22-23,30H,13,15-16H2,1-5H3,(H,28,31)/t22-,23+/m0/s1. The number of carbonyl (C=O) groups excluding carboxylic acids is 1. The first-order chi connectivity index (χ1) is 16.1. The quantitative estimate of drug-likeness (QED) is 0.344. The molecule has 0 aliphatic heterocycles. The van der Waals surface area contributed by atoms with Gasteiger partial charge in [-0.15, -0.1) is 11.3 Å². The van der Waals surface area contributed by atoms with Crippen LogP contribution in [0.2, 0.25) is 0 Å². The lowest BCUT2D eigenvalue weighted by Crippen LogP contribution is -2.50. The molecule has 2 N–H and O–H groups in total. The van der Waals surface area contributed by atoms with Gasteiger partial charge in [-0.25, -0.2) is 14.1 Å². The zero-order chi connectivity index (χ0) is 24.7. The van der Waals surface area contributed by atoms with Crippen molar-refractivity contribution < 1.29 is 14.6 Å². The summed E-state index contributed by atoms with van der Waals surface area (Å²) in [5.41, 5.74) is 3.28. The molecule has 0 aliphatic carbocycles. The first-order valence-electron chi connectivity index (χ1n) is 11.6. The van der Waals surface area contributed by atoms with E-state index in [4.69, 9.17) is 4.74 Å². The van der Waals surface area contributed by atoms with Crippen LogP contribution in [0.15, 0.2) is 58.9 Å². The molecule has 3 rings (SSSR count). The second-order valence-electron chi connectivity index (χ2n) is 9.82. The van der Waals surface area contributed by atoms with Crippen LogP contribution in [0.25, 0.3) is 10.2 Å². The lowest BCUT2D eigenvalue weighted by atomic mass is 10.0. The summed E-state index contributed by atoms with van der Waals surface area (Å²) in [6, 6.07) is 15.6. The number of hydrogen-bond acceptors (Lipinski definition) is 7. The maximum Gasteiger partial charge on any atom is 0.407 e. The highest BCUT2D eigenvalue weighted by Gasteiger charge is 2.27. The molecule has 2 aromatic carbocycles. The lowest BCUT2D eigenvalue weighted by molar-refractivity contribution is 0.0402. The molecule has 8 heteroatoms.